The van der Waals surface area contributed by atoms with Gasteiger partial charge in [0.25, 0.3) is 0 Å². The molecule has 126 valence electrons. The van der Waals surface area contributed by atoms with Crippen molar-refractivity contribution in [3.05, 3.63) is 47.5 Å². The average Bonchev–Trinajstić information content (AvgIpc) is 2.60. The molecule has 3 N–H and O–H groups in total. The maximum absolute atomic E-state index is 11.0. The monoisotopic (exact) mass is 332 g/mol. The van der Waals surface area contributed by atoms with Crippen LogP contribution >= 0.6 is 0 Å². The number of methoxy groups -OCH3 is 1. The van der Waals surface area contributed by atoms with Gasteiger partial charge in [0.1, 0.15) is 0 Å². The first-order chi connectivity index (χ1) is 11.5. The number of carboxylic acids is 1. The smallest absolute Gasteiger partial charge is 0.335 e. The van der Waals surface area contributed by atoms with E-state index in [0.29, 0.717) is 11.3 Å². The van der Waals surface area contributed by atoms with Crippen molar-refractivity contribution in [2.24, 2.45) is 0 Å². The summed E-state index contributed by atoms with van der Waals surface area (Å²) in [6, 6.07) is 8.99. The van der Waals surface area contributed by atoms with Gasteiger partial charge in [-0.1, -0.05) is 6.07 Å². The van der Waals surface area contributed by atoms with Crippen LogP contribution in [0.2, 0.25) is 0 Å². The van der Waals surface area contributed by atoms with Gasteiger partial charge in [-0.15, -0.1) is 0 Å². The highest BCUT2D eigenvalue weighted by Crippen LogP contribution is 2.41. The molecule has 0 spiro atoms. The summed E-state index contributed by atoms with van der Waals surface area (Å²) in [5.74, 6) is -0.171. The first kappa shape index (κ1) is 15.9. The van der Waals surface area contributed by atoms with Gasteiger partial charge in [-0.05, 0) is 30.3 Å². The number of aliphatic hydroxyl groups is 1. The van der Waals surface area contributed by atoms with Crippen LogP contribution in [0.5, 0.6) is 23.0 Å². The number of phenolic OH excluding ortho intramolecular Hbond substituents is 1. The largest absolute Gasteiger partial charge is 0.504 e. The zero-order valence-corrected chi connectivity index (χ0v) is 12.8. The minimum Gasteiger partial charge on any atom is -0.504 e. The molecule has 0 radical (unpaired) electrons. The molecule has 0 aromatic heterocycles. The number of carboxylic acid groups (broad SMARTS) is 1. The Kier molecular flexibility index (Phi) is 4.18. The minimum atomic E-state index is -1.08. The zero-order chi connectivity index (χ0) is 17.3. The number of hydrogen-bond donors (Lipinski definition) is 3. The number of aromatic hydroxyl groups is 1. The van der Waals surface area contributed by atoms with Gasteiger partial charge in [0.15, 0.2) is 35.2 Å². The Balaban J connectivity index is 1.97. The van der Waals surface area contributed by atoms with Crippen LogP contribution in [0.15, 0.2) is 36.4 Å². The van der Waals surface area contributed by atoms with Gasteiger partial charge in [-0.3, -0.25) is 0 Å². The average molecular weight is 332 g/mol. The molecule has 0 bridgehead atoms. The van der Waals surface area contributed by atoms with Crippen LogP contribution in [0.4, 0.5) is 0 Å². The van der Waals surface area contributed by atoms with Crippen LogP contribution in [0, 0.1) is 0 Å². The summed E-state index contributed by atoms with van der Waals surface area (Å²) < 4.78 is 16.7. The zero-order valence-electron chi connectivity index (χ0n) is 12.8. The fraction of sp³-hybridized carbons (Fsp3) is 0.235. The molecule has 7 nitrogen and oxygen atoms in total. The first-order valence-corrected chi connectivity index (χ1v) is 7.22. The predicted molar refractivity (Wildman–Crippen MR) is 82.9 cm³/mol. The van der Waals surface area contributed by atoms with Crippen LogP contribution in [0.25, 0.3) is 0 Å². The number of aromatic carboxylic acids is 1. The van der Waals surface area contributed by atoms with Gasteiger partial charge in [0.2, 0.25) is 0 Å². The highest BCUT2D eigenvalue weighted by molar-refractivity contribution is 5.88. The number of rotatable bonds is 4. The molecule has 2 aromatic carbocycles. The van der Waals surface area contributed by atoms with Gasteiger partial charge in [-0.25, -0.2) is 4.79 Å². The molecule has 3 rings (SSSR count). The summed E-state index contributed by atoms with van der Waals surface area (Å²) in [4.78, 5) is 11.0. The number of aliphatic hydroxyl groups excluding tert-OH is 1. The molecule has 0 unspecified atom stereocenters. The van der Waals surface area contributed by atoms with E-state index in [1.54, 1.807) is 12.1 Å². The normalized spacial score (nSPS) is 18.9. The highest BCUT2D eigenvalue weighted by atomic mass is 16.6. The molecule has 0 amide bonds. The van der Waals surface area contributed by atoms with Gasteiger partial charge in [0.05, 0.1) is 19.3 Å². The number of phenols is 1. The van der Waals surface area contributed by atoms with E-state index in [9.17, 15) is 15.0 Å². The molecule has 0 aliphatic carbocycles. The van der Waals surface area contributed by atoms with Gasteiger partial charge in [-0.2, -0.15) is 0 Å². The van der Waals surface area contributed by atoms with Crippen LogP contribution in [0.3, 0.4) is 0 Å². The van der Waals surface area contributed by atoms with E-state index < -0.39 is 18.2 Å². The van der Waals surface area contributed by atoms with Crippen molar-refractivity contribution in [2.45, 2.75) is 12.2 Å². The molecule has 2 aromatic rings. The molecule has 2 atom stereocenters. The third-order valence-electron chi connectivity index (χ3n) is 3.77. The Morgan fingerprint density at radius 3 is 2.62 bits per heavy atom. The van der Waals surface area contributed by atoms with Crippen molar-refractivity contribution in [1.82, 2.24) is 0 Å². The molecule has 0 fully saturated rings. The van der Waals surface area contributed by atoms with Gasteiger partial charge < -0.3 is 29.5 Å². The lowest BCUT2D eigenvalue weighted by Crippen LogP contribution is -2.36. The summed E-state index contributed by atoms with van der Waals surface area (Å²) >= 11 is 0. The number of hydrogen-bond acceptors (Lipinski definition) is 6. The SMILES string of the molecule is COc1cc([C@H]2Oc3ccc(C(=O)O)cc3O[C@@H]2CO)ccc1O. The van der Waals surface area contributed by atoms with Crippen LogP contribution < -0.4 is 14.2 Å². The summed E-state index contributed by atoms with van der Waals surface area (Å²) in [5, 5.41) is 28.3. The lowest BCUT2D eigenvalue weighted by Gasteiger charge is -2.33. The van der Waals surface area contributed by atoms with Crippen LogP contribution in [-0.4, -0.2) is 41.1 Å². The molecule has 1 aliphatic rings. The second kappa shape index (κ2) is 6.29. The molecule has 24 heavy (non-hydrogen) atoms. The fourth-order valence-electron chi connectivity index (χ4n) is 2.56. The minimum absolute atomic E-state index is 0.00923. The Bertz CT molecular complexity index is 772. The third kappa shape index (κ3) is 2.81. The number of ether oxygens (including phenoxy) is 3. The van der Waals surface area contributed by atoms with E-state index in [4.69, 9.17) is 19.3 Å². The highest BCUT2D eigenvalue weighted by Gasteiger charge is 2.33. The Morgan fingerprint density at radius 1 is 1.17 bits per heavy atom. The number of carbonyl (C=O) groups is 1. The van der Waals surface area contributed by atoms with E-state index in [2.05, 4.69) is 0 Å². The van der Waals surface area contributed by atoms with E-state index in [0.717, 1.165) is 0 Å². The van der Waals surface area contributed by atoms with E-state index in [-0.39, 0.29) is 29.4 Å². The van der Waals surface area contributed by atoms with Crippen molar-refractivity contribution in [3.63, 3.8) is 0 Å². The van der Waals surface area contributed by atoms with E-state index in [1.165, 1.54) is 31.4 Å². The predicted octanol–water partition coefficient (Wildman–Crippen LogP) is 1.97. The molecular formula is C17H16O7. The topological polar surface area (TPSA) is 105 Å². The van der Waals surface area contributed by atoms with Gasteiger partial charge >= 0.3 is 5.97 Å². The van der Waals surface area contributed by atoms with E-state index >= 15 is 0 Å². The number of fused-ring (bicyclic) bond motifs is 1. The summed E-state index contributed by atoms with van der Waals surface area (Å²) in [5.41, 5.74) is 0.718. The maximum atomic E-state index is 11.0. The summed E-state index contributed by atoms with van der Waals surface area (Å²) in [6.07, 6.45) is -1.36. The van der Waals surface area contributed by atoms with Crippen LogP contribution in [-0.2, 0) is 0 Å². The third-order valence-corrected chi connectivity index (χ3v) is 3.77. The molecule has 1 heterocycles. The molecule has 7 heteroatoms. The maximum Gasteiger partial charge on any atom is 0.335 e. The molecule has 0 saturated carbocycles. The Hall–Kier alpha value is -2.93. The van der Waals surface area contributed by atoms with Crippen molar-refractivity contribution in [3.8, 4) is 23.0 Å². The van der Waals surface area contributed by atoms with Gasteiger partial charge in [0, 0.05) is 5.56 Å². The fourth-order valence-corrected chi connectivity index (χ4v) is 2.56. The second-order valence-electron chi connectivity index (χ2n) is 5.28. The Labute approximate surface area is 137 Å². The van der Waals surface area contributed by atoms with Crippen molar-refractivity contribution >= 4 is 5.97 Å². The molecular weight excluding hydrogens is 316 g/mol. The van der Waals surface area contributed by atoms with E-state index in [1.807, 2.05) is 0 Å². The summed E-state index contributed by atoms with van der Waals surface area (Å²) in [6.45, 7) is -0.329. The molecule has 0 saturated heterocycles. The lowest BCUT2D eigenvalue weighted by molar-refractivity contribution is -0.0124. The molecule has 1 aliphatic heterocycles. The van der Waals surface area contributed by atoms with Crippen LogP contribution in [0.1, 0.15) is 22.0 Å². The number of benzene rings is 2. The summed E-state index contributed by atoms with van der Waals surface area (Å²) in [7, 11) is 1.43. The standard InChI is InChI=1S/C17H16O7/c1-22-13-6-9(2-4-11(13)19)16-15(8-18)23-14-7-10(17(20)21)3-5-12(14)24-16/h2-7,15-16,18-19H,8H2,1H3,(H,20,21)/t15-,16-/m1/s1. The van der Waals surface area contributed by atoms with Crippen molar-refractivity contribution < 1.29 is 34.3 Å². The Morgan fingerprint density at radius 2 is 1.96 bits per heavy atom. The second-order valence-corrected chi connectivity index (χ2v) is 5.28. The van der Waals surface area contributed by atoms with Crippen molar-refractivity contribution in [1.29, 1.82) is 0 Å². The lowest BCUT2D eigenvalue weighted by atomic mass is 10.0. The first-order valence-electron chi connectivity index (χ1n) is 7.22. The van der Waals surface area contributed by atoms with Crippen molar-refractivity contribution in [2.75, 3.05) is 13.7 Å². The quantitative estimate of drug-likeness (QED) is 0.786.